The normalized spacial score (nSPS) is 11.1. The second-order valence-corrected chi connectivity index (χ2v) is 5.91. The summed E-state index contributed by atoms with van der Waals surface area (Å²) in [5.41, 5.74) is 2.35. The Hall–Kier alpha value is -1.81. The number of nitrogens with zero attached hydrogens (tertiary/aromatic N) is 2. The minimum absolute atomic E-state index is 0.829. The number of aryl methyl sites for hydroxylation is 2. The lowest BCUT2D eigenvalue weighted by Crippen LogP contribution is -1.97. The van der Waals surface area contributed by atoms with E-state index >= 15 is 0 Å². The molecule has 98 valence electrons. The van der Waals surface area contributed by atoms with Crippen molar-refractivity contribution in [2.24, 2.45) is 0 Å². The van der Waals surface area contributed by atoms with Crippen LogP contribution in [0, 0.1) is 13.8 Å². The van der Waals surface area contributed by atoms with Crippen molar-refractivity contribution in [1.29, 1.82) is 0 Å². The highest BCUT2D eigenvalue weighted by Gasteiger charge is 2.07. The third-order valence-electron chi connectivity index (χ3n) is 3.36. The molecular weight excluding hydrogens is 256 g/mol. The molecule has 0 aliphatic carbocycles. The van der Waals surface area contributed by atoms with Crippen LogP contribution in [0.15, 0.2) is 30.5 Å². The van der Waals surface area contributed by atoms with Gasteiger partial charge in [0.05, 0.1) is 19.3 Å². The molecule has 1 aromatic carbocycles. The minimum atomic E-state index is 0.829. The molecule has 0 aliphatic heterocycles. The zero-order valence-corrected chi connectivity index (χ0v) is 12.1. The van der Waals surface area contributed by atoms with Crippen molar-refractivity contribution in [1.82, 2.24) is 9.55 Å². The summed E-state index contributed by atoms with van der Waals surface area (Å²) < 4.78 is 7.48. The molecule has 0 radical (unpaired) electrons. The van der Waals surface area contributed by atoms with Gasteiger partial charge in [-0.05, 0) is 38.1 Å². The molecule has 0 bridgehead atoms. The van der Waals surface area contributed by atoms with E-state index < -0.39 is 0 Å². The third kappa shape index (κ3) is 2.24. The largest absolute Gasteiger partial charge is 0.497 e. The maximum absolute atomic E-state index is 5.25. The van der Waals surface area contributed by atoms with E-state index in [1.165, 1.54) is 15.8 Å². The van der Waals surface area contributed by atoms with Crippen LogP contribution in [0.2, 0.25) is 0 Å². The molecule has 4 heteroatoms. The molecule has 0 saturated carbocycles. The van der Waals surface area contributed by atoms with Crippen molar-refractivity contribution in [3.63, 3.8) is 0 Å². The summed E-state index contributed by atoms with van der Waals surface area (Å²) in [6.45, 7) is 5.01. The van der Waals surface area contributed by atoms with E-state index in [2.05, 4.69) is 47.8 Å². The molecule has 0 N–H and O–H groups in total. The smallest absolute Gasteiger partial charge is 0.119 e. The molecule has 19 heavy (non-hydrogen) atoms. The number of rotatable bonds is 3. The van der Waals surface area contributed by atoms with Crippen molar-refractivity contribution in [3.8, 4) is 5.75 Å². The summed E-state index contributed by atoms with van der Waals surface area (Å²) in [4.78, 5) is 5.90. The van der Waals surface area contributed by atoms with Gasteiger partial charge in [-0.2, -0.15) is 0 Å². The molecule has 3 aromatic rings. The first-order valence-corrected chi connectivity index (χ1v) is 7.05. The van der Waals surface area contributed by atoms with Gasteiger partial charge < -0.3 is 9.30 Å². The maximum atomic E-state index is 5.25. The van der Waals surface area contributed by atoms with E-state index in [0.29, 0.717) is 0 Å². The van der Waals surface area contributed by atoms with Crippen LogP contribution in [0.25, 0.3) is 10.9 Å². The molecule has 2 aromatic heterocycles. The van der Waals surface area contributed by atoms with Crippen LogP contribution in [0.1, 0.15) is 15.6 Å². The summed E-state index contributed by atoms with van der Waals surface area (Å²) in [7, 11) is 1.69. The Morgan fingerprint density at radius 3 is 2.79 bits per heavy atom. The highest BCUT2D eigenvalue weighted by molar-refractivity contribution is 7.11. The van der Waals surface area contributed by atoms with Crippen LogP contribution >= 0.6 is 11.3 Å². The molecule has 0 aliphatic rings. The van der Waals surface area contributed by atoms with Gasteiger partial charge in [-0.1, -0.05) is 0 Å². The van der Waals surface area contributed by atoms with Crippen LogP contribution in [0.4, 0.5) is 0 Å². The topological polar surface area (TPSA) is 27.1 Å². The van der Waals surface area contributed by atoms with Crippen LogP contribution in [0.5, 0.6) is 5.75 Å². The van der Waals surface area contributed by atoms with Gasteiger partial charge in [0.2, 0.25) is 0 Å². The molecule has 2 heterocycles. The lowest BCUT2D eigenvalue weighted by Gasteiger charge is -2.04. The quantitative estimate of drug-likeness (QED) is 0.725. The van der Waals surface area contributed by atoms with Crippen LogP contribution in [-0.2, 0) is 6.54 Å². The van der Waals surface area contributed by atoms with Crippen molar-refractivity contribution >= 4 is 22.2 Å². The number of hydrogen-bond acceptors (Lipinski definition) is 3. The summed E-state index contributed by atoms with van der Waals surface area (Å²) in [5.74, 6) is 0.895. The number of methoxy groups -OCH3 is 1. The van der Waals surface area contributed by atoms with E-state index in [9.17, 15) is 0 Å². The Bertz CT molecular complexity index is 707. The van der Waals surface area contributed by atoms with E-state index in [1.807, 2.05) is 6.07 Å². The van der Waals surface area contributed by atoms with Crippen LogP contribution in [0.3, 0.4) is 0 Å². The van der Waals surface area contributed by atoms with Gasteiger partial charge in [0, 0.05) is 22.0 Å². The monoisotopic (exact) mass is 272 g/mol. The summed E-state index contributed by atoms with van der Waals surface area (Å²) >= 11 is 1.77. The van der Waals surface area contributed by atoms with E-state index in [1.54, 1.807) is 18.4 Å². The Kier molecular flexibility index (Phi) is 3.03. The minimum Gasteiger partial charge on any atom is -0.497 e. The SMILES string of the molecule is COc1ccc2c(ccn2Cc2nc(C)c(C)s2)c1. The molecule has 0 atom stereocenters. The Labute approximate surface area is 116 Å². The molecule has 3 rings (SSSR count). The average Bonchev–Trinajstić information content (AvgIpc) is 2.94. The van der Waals surface area contributed by atoms with Crippen LogP contribution in [-0.4, -0.2) is 16.7 Å². The molecule has 0 saturated heterocycles. The predicted molar refractivity (Wildman–Crippen MR) is 79.2 cm³/mol. The number of fused-ring (bicyclic) bond motifs is 1. The standard InChI is InChI=1S/C15H16N2OS/c1-10-11(2)19-15(16-10)9-17-7-6-12-8-13(18-3)4-5-14(12)17/h4-8H,9H2,1-3H3. The van der Waals surface area contributed by atoms with E-state index in [0.717, 1.165) is 23.0 Å². The molecule has 0 unspecified atom stereocenters. The molecule has 0 spiro atoms. The van der Waals surface area contributed by atoms with Gasteiger partial charge in [0.25, 0.3) is 0 Å². The number of aromatic nitrogens is 2. The van der Waals surface area contributed by atoms with Gasteiger partial charge in [-0.25, -0.2) is 4.98 Å². The highest BCUT2D eigenvalue weighted by atomic mass is 32.1. The second-order valence-electron chi connectivity index (χ2n) is 4.62. The fraction of sp³-hybridized carbons (Fsp3) is 0.267. The fourth-order valence-corrected chi connectivity index (χ4v) is 3.13. The van der Waals surface area contributed by atoms with Gasteiger partial charge in [0.1, 0.15) is 10.8 Å². The first kappa shape index (κ1) is 12.2. The number of ether oxygens (including phenoxy) is 1. The predicted octanol–water partition coefficient (Wildman–Crippen LogP) is 3.77. The van der Waals surface area contributed by atoms with E-state index in [4.69, 9.17) is 4.74 Å². The molecule has 3 nitrogen and oxygen atoms in total. The Balaban J connectivity index is 1.97. The Morgan fingerprint density at radius 2 is 2.11 bits per heavy atom. The Morgan fingerprint density at radius 1 is 1.26 bits per heavy atom. The number of thiazole rings is 1. The lowest BCUT2D eigenvalue weighted by atomic mass is 10.2. The van der Waals surface area contributed by atoms with Crippen molar-refractivity contribution in [2.45, 2.75) is 20.4 Å². The van der Waals surface area contributed by atoms with Gasteiger partial charge in [0.15, 0.2) is 0 Å². The summed E-state index contributed by atoms with van der Waals surface area (Å²) in [6, 6.07) is 8.27. The first-order valence-electron chi connectivity index (χ1n) is 6.23. The van der Waals surface area contributed by atoms with Gasteiger partial charge in [-0.3, -0.25) is 0 Å². The summed E-state index contributed by atoms with van der Waals surface area (Å²) in [6.07, 6.45) is 2.11. The van der Waals surface area contributed by atoms with E-state index in [-0.39, 0.29) is 0 Å². The van der Waals surface area contributed by atoms with Crippen molar-refractivity contribution in [2.75, 3.05) is 7.11 Å². The average molecular weight is 272 g/mol. The third-order valence-corrected chi connectivity index (χ3v) is 4.41. The van der Waals surface area contributed by atoms with Crippen LogP contribution < -0.4 is 4.74 Å². The molecule has 0 amide bonds. The zero-order chi connectivity index (χ0) is 13.4. The highest BCUT2D eigenvalue weighted by Crippen LogP contribution is 2.24. The fourth-order valence-electron chi connectivity index (χ4n) is 2.20. The first-order chi connectivity index (χ1) is 9.17. The molecular formula is C15H16N2OS. The lowest BCUT2D eigenvalue weighted by molar-refractivity contribution is 0.415. The van der Waals surface area contributed by atoms with Gasteiger partial charge >= 0.3 is 0 Å². The zero-order valence-electron chi connectivity index (χ0n) is 11.3. The maximum Gasteiger partial charge on any atom is 0.119 e. The van der Waals surface area contributed by atoms with Crippen molar-refractivity contribution < 1.29 is 4.74 Å². The number of hydrogen-bond donors (Lipinski definition) is 0. The molecule has 0 fully saturated rings. The number of benzene rings is 1. The van der Waals surface area contributed by atoms with Gasteiger partial charge in [-0.15, -0.1) is 11.3 Å². The van der Waals surface area contributed by atoms with Crippen molar-refractivity contribution in [3.05, 3.63) is 46.0 Å². The second kappa shape index (κ2) is 4.70. The summed E-state index contributed by atoms with van der Waals surface area (Å²) in [5, 5.41) is 2.35.